The summed E-state index contributed by atoms with van der Waals surface area (Å²) >= 11 is 5.74. The van der Waals surface area contributed by atoms with Crippen molar-refractivity contribution < 1.29 is 13.6 Å². The molecule has 8 heteroatoms. The van der Waals surface area contributed by atoms with Crippen molar-refractivity contribution in [2.75, 3.05) is 13.1 Å². The van der Waals surface area contributed by atoms with E-state index in [-0.39, 0.29) is 23.0 Å². The molecule has 4 nitrogen and oxygen atoms in total. The number of amides is 1. The molecule has 1 amide bonds. The second kappa shape index (κ2) is 10.2. The Kier molecular flexibility index (Phi) is 8.60. The van der Waals surface area contributed by atoms with E-state index < -0.39 is 17.5 Å². The smallest absolute Gasteiger partial charge is 0.252 e. The lowest BCUT2D eigenvalue weighted by Crippen LogP contribution is -2.27. The largest absolute Gasteiger partial charge is 0.352 e. The van der Waals surface area contributed by atoms with Crippen molar-refractivity contribution >= 4 is 29.9 Å². The standard InChI is InChI=1S/C16H16ClF2N3O.ClH/c17-13-8-15(19)14(18)7-12(13)16(23)22-6-2-5-21-10-11-3-1-4-20-9-11;/h1,3-4,7-9,21H,2,5-6,10H2,(H,22,23);1H. The van der Waals surface area contributed by atoms with E-state index in [1.54, 1.807) is 12.4 Å². The summed E-state index contributed by atoms with van der Waals surface area (Å²) in [5.41, 5.74) is 0.999. The van der Waals surface area contributed by atoms with E-state index >= 15 is 0 Å². The number of benzene rings is 1. The Morgan fingerprint density at radius 1 is 1.21 bits per heavy atom. The van der Waals surface area contributed by atoms with Gasteiger partial charge in [0.25, 0.3) is 5.91 Å². The second-order valence-corrected chi connectivity index (χ2v) is 5.30. The van der Waals surface area contributed by atoms with Crippen molar-refractivity contribution in [2.45, 2.75) is 13.0 Å². The van der Waals surface area contributed by atoms with Crippen molar-refractivity contribution in [1.29, 1.82) is 0 Å². The number of carbonyl (C=O) groups is 1. The Morgan fingerprint density at radius 2 is 1.96 bits per heavy atom. The molecule has 0 saturated carbocycles. The summed E-state index contributed by atoms with van der Waals surface area (Å²) in [7, 11) is 0. The number of pyridine rings is 1. The van der Waals surface area contributed by atoms with Gasteiger partial charge in [0.2, 0.25) is 0 Å². The highest BCUT2D eigenvalue weighted by Crippen LogP contribution is 2.19. The van der Waals surface area contributed by atoms with Gasteiger partial charge in [0.15, 0.2) is 11.6 Å². The fourth-order valence-corrected chi connectivity index (χ4v) is 2.18. The predicted molar refractivity (Wildman–Crippen MR) is 91.5 cm³/mol. The highest BCUT2D eigenvalue weighted by molar-refractivity contribution is 6.33. The quantitative estimate of drug-likeness (QED) is 0.576. The number of halogens is 4. The fourth-order valence-electron chi connectivity index (χ4n) is 1.94. The third-order valence-corrected chi connectivity index (χ3v) is 3.44. The molecule has 2 N–H and O–H groups in total. The third kappa shape index (κ3) is 6.03. The van der Waals surface area contributed by atoms with Gasteiger partial charge in [0.1, 0.15) is 0 Å². The Bertz CT molecular complexity index is 672. The predicted octanol–water partition coefficient (Wildman–Crippen LogP) is 3.34. The van der Waals surface area contributed by atoms with Crippen LogP contribution < -0.4 is 10.6 Å². The van der Waals surface area contributed by atoms with Crippen LogP contribution in [0.2, 0.25) is 5.02 Å². The van der Waals surface area contributed by atoms with Crippen LogP contribution in [-0.2, 0) is 6.54 Å². The van der Waals surface area contributed by atoms with Crippen LogP contribution >= 0.6 is 24.0 Å². The van der Waals surface area contributed by atoms with Crippen LogP contribution in [-0.4, -0.2) is 24.0 Å². The first-order valence-electron chi connectivity index (χ1n) is 7.10. The summed E-state index contributed by atoms with van der Waals surface area (Å²) in [6.45, 7) is 1.78. The molecule has 0 unspecified atom stereocenters. The highest BCUT2D eigenvalue weighted by atomic mass is 35.5. The number of nitrogens with zero attached hydrogens (tertiary/aromatic N) is 1. The maximum absolute atomic E-state index is 13.1. The molecule has 0 spiro atoms. The van der Waals surface area contributed by atoms with Gasteiger partial charge in [0, 0.05) is 25.5 Å². The lowest BCUT2D eigenvalue weighted by atomic mass is 10.2. The minimum absolute atomic E-state index is 0. The van der Waals surface area contributed by atoms with Crippen LogP contribution in [0.15, 0.2) is 36.7 Å². The van der Waals surface area contributed by atoms with Crippen LogP contribution in [0.3, 0.4) is 0 Å². The third-order valence-electron chi connectivity index (χ3n) is 3.12. The number of nitrogens with one attached hydrogen (secondary N) is 2. The van der Waals surface area contributed by atoms with Crippen molar-refractivity contribution in [3.05, 3.63) is 64.4 Å². The Morgan fingerprint density at radius 3 is 2.67 bits per heavy atom. The maximum Gasteiger partial charge on any atom is 0.252 e. The van der Waals surface area contributed by atoms with E-state index in [4.69, 9.17) is 11.6 Å². The Hall–Kier alpha value is -1.76. The minimum atomic E-state index is -1.10. The van der Waals surface area contributed by atoms with Gasteiger partial charge in [-0.15, -0.1) is 12.4 Å². The van der Waals surface area contributed by atoms with Gasteiger partial charge in [-0.25, -0.2) is 8.78 Å². The van der Waals surface area contributed by atoms with Gasteiger partial charge in [-0.3, -0.25) is 9.78 Å². The first-order chi connectivity index (χ1) is 11.1. The Labute approximate surface area is 150 Å². The van der Waals surface area contributed by atoms with Gasteiger partial charge in [-0.05, 0) is 36.7 Å². The molecule has 0 aliphatic heterocycles. The molecule has 0 aliphatic carbocycles. The second-order valence-electron chi connectivity index (χ2n) is 4.89. The zero-order valence-electron chi connectivity index (χ0n) is 12.7. The van der Waals surface area contributed by atoms with E-state index in [1.807, 2.05) is 12.1 Å². The van der Waals surface area contributed by atoms with E-state index in [0.29, 0.717) is 26.1 Å². The van der Waals surface area contributed by atoms with Gasteiger partial charge in [0.05, 0.1) is 10.6 Å². The van der Waals surface area contributed by atoms with Crippen LogP contribution in [0.5, 0.6) is 0 Å². The van der Waals surface area contributed by atoms with E-state index in [2.05, 4.69) is 15.6 Å². The van der Waals surface area contributed by atoms with E-state index in [0.717, 1.165) is 17.7 Å². The van der Waals surface area contributed by atoms with Gasteiger partial charge in [-0.2, -0.15) is 0 Å². The minimum Gasteiger partial charge on any atom is -0.352 e. The lowest BCUT2D eigenvalue weighted by molar-refractivity contribution is 0.0953. The number of carbonyl (C=O) groups excluding carboxylic acids is 1. The topological polar surface area (TPSA) is 54.0 Å². The summed E-state index contributed by atoms with van der Waals surface area (Å²) in [4.78, 5) is 15.9. The lowest BCUT2D eigenvalue weighted by Gasteiger charge is -2.08. The molecule has 1 heterocycles. The molecule has 1 aromatic carbocycles. The van der Waals surface area contributed by atoms with Crippen LogP contribution in [0, 0.1) is 11.6 Å². The first kappa shape index (κ1) is 20.3. The molecular weight excluding hydrogens is 359 g/mol. The van der Waals surface area contributed by atoms with Gasteiger partial charge < -0.3 is 10.6 Å². The molecule has 0 saturated heterocycles. The molecule has 0 fully saturated rings. The van der Waals surface area contributed by atoms with Crippen LogP contribution in [0.1, 0.15) is 22.3 Å². The zero-order valence-corrected chi connectivity index (χ0v) is 14.3. The summed E-state index contributed by atoms with van der Waals surface area (Å²) in [6, 6.07) is 5.42. The summed E-state index contributed by atoms with van der Waals surface area (Å²) in [5, 5.41) is 5.72. The average Bonchev–Trinajstić information content (AvgIpc) is 2.55. The number of hydrogen-bond donors (Lipinski definition) is 2. The van der Waals surface area contributed by atoms with Crippen molar-refractivity contribution in [2.24, 2.45) is 0 Å². The van der Waals surface area contributed by atoms with Crippen molar-refractivity contribution in [3.63, 3.8) is 0 Å². The van der Waals surface area contributed by atoms with E-state index in [1.165, 1.54) is 0 Å². The highest BCUT2D eigenvalue weighted by Gasteiger charge is 2.14. The first-order valence-corrected chi connectivity index (χ1v) is 7.48. The number of hydrogen-bond acceptors (Lipinski definition) is 3. The molecule has 130 valence electrons. The van der Waals surface area contributed by atoms with Gasteiger partial charge >= 0.3 is 0 Å². The average molecular weight is 376 g/mol. The number of aromatic nitrogens is 1. The molecule has 0 atom stereocenters. The van der Waals surface area contributed by atoms with E-state index in [9.17, 15) is 13.6 Å². The molecule has 2 aromatic rings. The summed E-state index contributed by atoms with van der Waals surface area (Å²) in [5.74, 6) is -2.70. The maximum atomic E-state index is 13.1. The fraction of sp³-hybridized carbons (Fsp3) is 0.250. The van der Waals surface area contributed by atoms with Crippen LogP contribution in [0.25, 0.3) is 0 Å². The normalized spacial score (nSPS) is 10.1. The monoisotopic (exact) mass is 375 g/mol. The molecule has 0 aliphatic rings. The number of rotatable bonds is 7. The molecule has 0 radical (unpaired) electrons. The molecular formula is C16H17Cl2F2N3O. The van der Waals surface area contributed by atoms with Crippen LogP contribution in [0.4, 0.5) is 8.78 Å². The molecule has 1 aromatic heterocycles. The van der Waals surface area contributed by atoms with Crippen molar-refractivity contribution in [1.82, 2.24) is 15.6 Å². The molecule has 24 heavy (non-hydrogen) atoms. The molecule has 2 rings (SSSR count). The Balaban J connectivity index is 0.00000288. The molecule has 0 bridgehead atoms. The SMILES string of the molecule is Cl.O=C(NCCCNCc1cccnc1)c1cc(F)c(F)cc1Cl. The summed E-state index contributed by atoms with van der Waals surface area (Å²) < 4.78 is 26.1. The zero-order chi connectivity index (χ0) is 16.7. The summed E-state index contributed by atoms with van der Waals surface area (Å²) in [6.07, 6.45) is 4.18. The van der Waals surface area contributed by atoms with Gasteiger partial charge in [-0.1, -0.05) is 17.7 Å². The van der Waals surface area contributed by atoms with Crippen molar-refractivity contribution in [3.8, 4) is 0 Å².